The van der Waals surface area contributed by atoms with Crippen molar-refractivity contribution in [2.24, 2.45) is 5.92 Å². The molecule has 43 heavy (non-hydrogen) atoms. The number of hydrogen-bond acceptors (Lipinski definition) is 6. The lowest BCUT2D eigenvalue weighted by Gasteiger charge is -2.51. The second-order valence-corrected chi connectivity index (χ2v) is 12.8. The minimum Gasteiger partial charge on any atom is -0.448 e. The number of ether oxygens (including phenoxy) is 1. The van der Waals surface area contributed by atoms with Crippen molar-refractivity contribution in [1.29, 1.82) is 0 Å². The Kier molecular flexibility index (Phi) is 8.68. The fourth-order valence-electron chi connectivity index (χ4n) is 6.63. The average molecular weight is 596 g/mol. The third kappa shape index (κ3) is 5.99. The highest BCUT2D eigenvalue weighted by Gasteiger charge is 2.55. The number of nitrogens with one attached hydrogen (secondary N) is 1. The van der Waals surface area contributed by atoms with Crippen LogP contribution in [-0.2, 0) is 25.5 Å². The maximum Gasteiger partial charge on any atom is 0.356 e. The molecule has 3 aromatic rings. The van der Waals surface area contributed by atoms with Gasteiger partial charge >= 0.3 is 5.97 Å². The van der Waals surface area contributed by atoms with Crippen molar-refractivity contribution in [3.8, 4) is 0 Å². The van der Waals surface area contributed by atoms with Crippen LogP contribution in [0.3, 0.4) is 0 Å². The van der Waals surface area contributed by atoms with E-state index >= 15 is 0 Å². The fraction of sp³-hybridized carbons (Fsp3) is 0.343. The first-order chi connectivity index (χ1) is 20.9. The molecule has 3 aromatic carbocycles. The van der Waals surface area contributed by atoms with E-state index in [0.29, 0.717) is 11.4 Å². The summed E-state index contributed by atoms with van der Waals surface area (Å²) in [5.74, 6) is -0.207. The number of carbonyl (C=O) groups is 3. The highest BCUT2D eigenvalue weighted by atomic mass is 32.2. The van der Waals surface area contributed by atoms with Crippen molar-refractivity contribution < 1.29 is 19.1 Å². The topological polar surface area (TPSA) is 79.0 Å². The Labute approximate surface area is 257 Å². The summed E-state index contributed by atoms with van der Waals surface area (Å²) in [5.41, 5.74) is 3.94. The molecule has 0 aromatic heterocycles. The Balaban J connectivity index is 1.31. The lowest BCUT2D eigenvalue weighted by Crippen LogP contribution is -2.71. The zero-order chi connectivity index (χ0) is 29.9. The van der Waals surface area contributed by atoms with Crippen molar-refractivity contribution in [2.45, 2.75) is 49.2 Å². The third-order valence-electron chi connectivity index (χ3n) is 8.74. The van der Waals surface area contributed by atoms with Gasteiger partial charge < -0.3 is 15.0 Å². The van der Waals surface area contributed by atoms with Crippen molar-refractivity contribution in [1.82, 2.24) is 15.1 Å². The molecule has 222 valence electrons. The number of carbonyl (C=O) groups excluding carboxylic acids is 3. The zero-order valence-corrected chi connectivity index (χ0v) is 25.3. The van der Waals surface area contributed by atoms with E-state index in [1.807, 2.05) is 91.0 Å². The van der Waals surface area contributed by atoms with Gasteiger partial charge in [0.1, 0.15) is 17.1 Å². The van der Waals surface area contributed by atoms with Gasteiger partial charge in [0.2, 0.25) is 5.91 Å². The molecule has 3 aliphatic rings. The Morgan fingerprint density at radius 2 is 1.53 bits per heavy atom. The number of rotatable bonds is 9. The molecule has 2 fully saturated rings. The fourth-order valence-corrected chi connectivity index (χ4v) is 8.07. The molecule has 7 nitrogen and oxygen atoms in total. The number of thioether (sulfide) groups is 1. The van der Waals surface area contributed by atoms with Crippen LogP contribution in [-0.4, -0.2) is 64.9 Å². The van der Waals surface area contributed by atoms with Crippen LogP contribution in [0.25, 0.3) is 0 Å². The Morgan fingerprint density at radius 3 is 2.14 bits per heavy atom. The van der Waals surface area contributed by atoms with Crippen LogP contribution in [0.2, 0.25) is 0 Å². The second kappa shape index (κ2) is 12.8. The maximum absolute atomic E-state index is 14.3. The Morgan fingerprint density at radius 1 is 0.930 bits per heavy atom. The van der Waals surface area contributed by atoms with Crippen LogP contribution >= 0.6 is 11.8 Å². The number of amides is 2. The summed E-state index contributed by atoms with van der Waals surface area (Å²) in [6, 6.07) is 28.5. The molecule has 0 bridgehead atoms. The molecule has 4 atom stereocenters. The molecule has 1 saturated heterocycles. The van der Waals surface area contributed by atoms with Gasteiger partial charge in [0.15, 0.2) is 6.10 Å². The summed E-state index contributed by atoms with van der Waals surface area (Å²) in [4.78, 5) is 44.8. The summed E-state index contributed by atoms with van der Waals surface area (Å²) in [6.45, 7) is 0. The predicted molar refractivity (Wildman–Crippen MR) is 168 cm³/mol. The number of hydrogen-bond donors (Lipinski definition) is 1. The van der Waals surface area contributed by atoms with Gasteiger partial charge in [-0.05, 0) is 55.1 Å². The van der Waals surface area contributed by atoms with E-state index in [-0.39, 0.29) is 35.6 Å². The van der Waals surface area contributed by atoms with Gasteiger partial charge in [0.25, 0.3) is 5.91 Å². The van der Waals surface area contributed by atoms with E-state index in [9.17, 15) is 14.4 Å². The van der Waals surface area contributed by atoms with Gasteiger partial charge in [0, 0.05) is 11.8 Å². The highest BCUT2D eigenvalue weighted by molar-refractivity contribution is 8.00. The molecule has 1 N–H and O–H groups in total. The van der Waals surface area contributed by atoms with Crippen LogP contribution in [0.1, 0.15) is 42.1 Å². The SMILES string of the molecule is CN(C)C1CCCC1C1=C(C(=O)OC(c2ccccc2)c2ccccc2)N2C(=O)[C@@H](NC(=O)Cc3ccccc3)[C@H]2SC1. The van der Waals surface area contributed by atoms with E-state index in [0.717, 1.165) is 41.5 Å². The van der Waals surface area contributed by atoms with Crippen molar-refractivity contribution in [2.75, 3.05) is 19.8 Å². The molecule has 1 aliphatic carbocycles. The number of nitrogens with zero attached hydrogens (tertiary/aromatic N) is 2. The number of benzene rings is 3. The number of fused-ring (bicyclic) bond motifs is 1. The van der Waals surface area contributed by atoms with Gasteiger partial charge in [-0.15, -0.1) is 11.8 Å². The van der Waals surface area contributed by atoms with E-state index in [1.54, 1.807) is 16.7 Å². The summed E-state index contributed by atoms with van der Waals surface area (Å²) in [6.07, 6.45) is 2.64. The lowest BCUT2D eigenvalue weighted by atomic mass is 9.90. The minimum absolute atomic E-state index is 0.150. The average Bonchev–Trinajstić information content (AvgIpc) is 3.53. The monoisotopic (exact) mass is 595 g/mol. The molecule has 6 rings (SSSR count). The smallest absolute Gasteiger partial charge is 0.356 e. The largest absolute Gasteiger partial charge is 0.448 e. The molecular formula is C35H37N3O4S. The van der Waals surface area contributed by atoms with Crippen LogP contribution in [0.4, 0.5) is 0 Å². The van der Waals surface area contributed by atoms with Crippen molar-refractivity contribution >= 4 is 29.5 Å². The molecule has 2 aliphatic heterocycles. The number of esters is 1. The van der Waals surface area contributed by atoms with Crippen LogP contribution in [0.15, 0.2) is 102 Å². The summed E-state index contributed by atoms with van der Waals surface area (Å²) < 4.78 is 6.34. The molecule has 1 saturated carbocycles. The van der Waals surface area contributed by atoms with E-state index < -0.39 is 18.1 Å². The predicted octanol–water partition coefficient (Wildman–Crippen LogP) is 4.95. The first kappa shape index (κ1) is 29.2. The summed E-state index contributed by atoms with van der Waals surface area (Å²) in [7, 11) is 4.16. The summed E-state index contributed by atoms with van der Waals surface area (Å²) in [5, 5.41) is 2.59. The van der Waals surface area contributed by atoms with Crippen molar-refractivity contribution in [3.63, 3.8) is 0 Å². The highest BCUT2D eigenvalue weighted by Crippen LogP contribution is 2.47. The second-order valence-electron chi connectivity index (χ2n) is 11.7. The van der Waals surface area contributed by atoms with E-state index in [1.165, 1.54) is 0 Å². The molecule has 0 radical (unpaired) electrons. The van der Waals surface area contributed by atoms with E-state index in [4.69, 9.17) is 4.74 Å². The number of β-lactam (4-membered cyclic amide) rings is 1. The molecular weight excluding hydrogens is 558 g/mol. The first-order valence-electron chi connectivity index (χ1n) is 14.9. The van der Waals surface area contributed by atoms with Gasteiger partial charge in [0.05, 0.1) is 6.42 Å². The normalized spacial score (nSPS) is 23.3. The standard InChI is InChI=1S/C35H37N3O4S/c1-37(2)28-20-12-19-26(28)27-22-43-34-30(36-29(39)21-23-13-6-3-7-14-23)33(40)38(34)31(27)35(41)42-32(24-15-8-4-9-16-24)25-17-10-5-11-18-25/h3-11,13-18,26,28,30,32,34H,12,19-22H2,1-2H3,(H,36,39)/t26?,28?,30-,34-/m1/s1. The lowest BCUT2D eigenvalue weighted by molar-refractivity contribution is -0.154. The molecule has 2 heterocycles. The molecule has 2 amide bonds. The minimum atomic E-state index is -0.683. The van der Waals surface area contributed by atoms with Gasteiger partial charge in [-0.25, -0.2) is 4.79 Å². The van der Waals surface area contributed by atoms with Crippen LogP contribution in [0.5, 0.6) is 0 Å². The molecule has 2 unspecified atom stereocenters. The van der Waals surface area contributed by atoms with Gasteiger partial charge in [-0.1, -0.05) is 97.4 Å². The van der Waals surface area contributed by atoms with Gasteiger partial charge in [-0.2, -0.15) is 0 Å². The third-order valence-corrected chi connectivity index (χ3v) is 10.0. The van der Waals surface area contributed by atoms with Crippen molar-refractivity contribution in [3.05, 3.63) is 119 Å². The zero-order valence-electron chi connectivity index (χ0n) is 24.5. The van der Waals surface area contributed by atoms with Crippen LogP contribution in [0, 0.1) is 5.92 Å². The molecule has 8 heteroatoms. The first-order valence-corrected chi connectivity index (χ1v) is 16.0. The maximum atomic E-state index is 14.3. The Bertz CT molecular complexity index is 1460. The Hall–Kier alpha value is -3.88. The van der Waals surface area contributed by atoms with Gasteiger partial charge in [-0.3, -0.25) is 14.5 Å². The van der Waals surface area contributed by atoms with Crippen LogP contribution < -0.4 is 5.32 Å². The molecule has 0 spiro atoms. The summed E-state index contributed by atoms with van der Waals surface area (Å²) >= 11 is 1.62. The quantitative estimate of drug-likeness (QED) is 0.279. The van der Waals surface area contributed by atoms with E-state index in [2.05, 4.69) is 24.3 Å².